The summed E-state index contributed by atoms with van der Waals surface area (Å²) in [5, 5.41) is 8.73. The first-order valence-electron chi connectivity index (χ1n) is 5.31. The number of aliphatic hydroxyl groups is 1. The number of alkyl halides is 3. The van der Waals surface area contributed by atoms with Gasteiger partial charge < -0.3 is 5.11 Å². The Morgan fingerprint density at radius 2 is 1.29 bits per heavy atom. The summed E-state index contributed by atoms with van der Waals surface area (Å²) < 4.78 is 35.7. The Kier molecular flexibility index (Phi) is 14.3. The fourth-order valence-corrected chi connectivity index (χ4v) is 0.824. The minimum Gasteiger partial charge on any atom is -0.379 e. The van der Waals surface area contributed by atoms with Crippen molar-refractivity contribution in [3.05, 3.63) is 35.9 Å². The molecular formula is C13H23F3O. The van der Waals surface area contributed by atoms with E-state index in [1.807, 2.05) is 27.7 Å². The van der Waals surface area contributed by atoms with Crippen LogP contribution in [0.3, 0.4) is 0 Å². The predicted octanol–water partition coefficient (Wildman–Crippen LogP) is 4.97. The Hall–Kier alpha value is -1.03. The molecule has 0 saturated heterocycles. The Balaban J connectivity index is -0.000000355. The van der Waals surface area contributed by atoms with Crippen molar-refractivity contribution >= 4 is 0 Å². The Morgan fingerprint density at radius 1 is 0.941 bits per heavy atom. The van der Waals surface area contributed by atoms with Gasteiger partial charge in [-0.2, -0.15) is 13.2 Å². The summed E-state index contributed by atoms with van der Waals surface area (Å²) in [7, 11) is 0. The molecule has 1 aromatic rings. The maximum atomic E-state index is 11.9. The first-order chi connectivity index (χ1) is 7.52. The van der Waals surface area contributed by atoms with Gasteiger partial charge >= 0.3 is 6.18 Å². The maximum absolute atomic E-state index is 11.9. The van der Waals surface area contributed by atoms with Crippen molar-refractivity contribution < 1.29 is 18.3 Å². The lowest BCUT2D eigenvalue weighted by molar-refractivity contribution is -0.206. The maximum Gasteiger partial charge on any atom is 0.418 e. The van der Waals surface area contributed by atoms with E-state index in [0.29, 0.717) is 0 Å². The highest BCUT2D eigenvalue weighted by atomic mass is 19.4. The average molecular weight is 252 g/mol. The van der Waals surface area contributed by atoms with Crippen molar-refractivity contribution in [3.8, 4) is 0 Å². The van der Waals surface area contributed by atoms with Gasteiger partial charge in [0.05, 0.1) is 0 Å². The lowest BCUT2D eigenvalue weighted by atomic mass is 10.1. The van der Waals surface area contributed by atoms with E-state index in [-0.39, 0.29) is 13.0 Å². The van der Waals surface area contributed by atoms with E-state index < -0.39 is 12.3 Å². The number of halogens is 3. The van der Waals surface area contributed by atoms with Crippen LogP contribution in [-0.2, 0) is 0 Å². The van der Waals surface area contributed by atoms with Crippen LogP contribution in [0.25, 0.3) is 0 Å². The molecule has 1 N–H and O–H groups in total. The molecule has 1 rings (SSSR count). The second-order valence-corrected chi connectivity index (χ2v) is 2.35. The first-order valence-corrected chi connectivity index (χ1v) is 5.31. The molecule has 4 heteroatoms. The molecule has 0 unspecified atom stereocenters. The molecule has 0 saturated carbocycles. The standard InChI is InChI=1S/C8H7F3O.2C2H6.CH4/c9-8(10,11)7(12)6-4-2-1-3-5-6;2*1-2;/h1-5,7,12H;2*1-2H3;1H4/t7-;;;/m1.../s1. The van der Waals surface area contributed by atoms with E-state index in [0.717, 1.165) is 0 Å². The molecule has 0 aliphatic heterocycles. The Bertz CT molecular complexity index is 245. The van der Waals surface area contributed by atoms with E-state index >= 15 is 0 Å². The molecule has 0 heterocycles. The average Bonchev–Trinajstić information content (AvgIpc) is 2.33. The molecule has 1 atom stereocenters. The van der Waals surface area contributed by atoms with Crippen LogP contribution in [0, 0.1) is 0 Å². The van der Waals surface area contributed by atoms with Crippen LogP contribution in [0.15, 0.2) is 30.3 Å². The van der Waals surface area contributed by atoms with Crippen LogP contribution in [0.5, 0.6) is 0 Å². The minimum absolute atomic E-state index is 0. The molecule has 0 bridgehead atoms. The minimum atomic E-state index is -4.58. The summed E-state index contributed by atoms with van der Waals surface area (Å²) in [5.74, 6) is 0. The third kappa shape index (κ3) is 8.74. The van der Waals surface area contributed by atoms with E-state index in [1.54, 1.807) is 6.07 Å². The quantitative estimate of drug-likeness (QED) is 0.748. The molecule has 17 heavy (non-hydrogen) atoms. The van der Waals surface area contributed by atoms with Gasteiger partial charge in [0, 0.05) is 0 Å². The van der Waals surface area contributed by atoms with Crippen molar-refractivity contribution in [1.82, 2.24) is 0 Å². The second kappa shape index (κ2) is 11.5. The number of benzene rings is 1. The third-order valence-electron chi connectivity index (χ3n) is 1.43. The van der Waals surface area contributed by atoms with Gasteiger partial charge in [-0.15, -0.1) is 0 Å². The number of hydrogen-bond donors (Lipinski definition) is 1. The van der Waals surface area contributed by atoms with E-state index in [9.17, 15) is 13.2 Å². The molecule has 0 amide bonds. The normalized spacial score (nSPS) is 10.8. The molecule has 102 valence electrons. The number of rotatable bonds is 1. The van der Waals surface area contributed by atoms with E-state index in [2.05, 4.69) is 0 Å². The van der Waals surface area contributed by atoms with Crippen LogP contribution in [0.1, 0.15) is 46.8 Å². The number of hydrogen-bond acceptors (Lipinski definition) is 1. The van der Waals surface area contributed by atoms with Crippen LogP contribution >= 0.6 is 0 Å². The molecule has 0 aromatic heterocycles. The van der Waals surface area contributed by atoms with Crippen molar-refractivity contribution in [2.24, 2.45) is 0 Å². The Morgan fingerprint density at radius 3 is 1.59 bits per heavy atom. The van der Waals surface area contributed by atoms with E-state index in [4.69, 9.17) is 5.11 Å². The monoisotopic (exact) mass is 252 g/mol. The van der Waals surface area contributed by atoms with Gasteiger partial charge in [-0.1, -0.05) is 65.5 Å². The molecule has 0 radical (unpaired) electrons. The van der Waals surface area contributed by atoms with Crippen molar-refractivity contribution in [3.63, 3.8) is 0 Å². The van der Waals surface area contributed by atoms with Crippen molar-refractivity contribution in [2.45, 2.75) is 47.4 Å². The fraction of sp³-hybridized carbons (Fsp3) is 0.538. The van der Waals surface area contributed by atoms with Gasteiger partial charge in [-0.05, 0) is 5.56 Å². The first kappa shape index (κ1) is 21.3. The van der Waals surface area contributed by atoms with Gasteiger partial charge in [-0.25, -0.2) is 0 Å². The van der Waals surface area contributed by atoms with Crippen molar-refractivity contribution in [2.75, 3.05) is 0 Å². The molecule has 0 aliphatic rings. The van der Waals surface area contributed by atoms with Gasteiger partial charge in [-0.3, -0.25) is 0 Å². The molecule has 0 spiro atoms. The van der Waals surface area contributed by atoms with Gasteiger partial charge in [0.2, 0.25) is 0 Å². The number of aliphatic hydroxyl groups excluding tert-OH is 1. The fourth-order valence-electron chi connectivity index (χ4n) is 0.824. The summed E-state index contributed by atoms with van der Waals surface area (Å²) in [6.45, 7) is 8.00. The molecule has 1 nitrogen and oxygen atoms in total. The zero-order valence-corrected chi connectivity index (χ0v) is 10.0. The molecule has 0 fully saturated rings. The largest absolute Gasteiger partial charge is 0.418 e. The summed E-state index contributed by atoms with van der Waals surface area (Å²) in [4.78, 5) is 0. The van der Waals surface area contributed by atoms with Crippen LogP contribution in [0.2, 0.25) is 0 Å². The highest BCUT2D eigenvalue weighted by Gasteiger charge is 2.38. The van der Waals surface area contributed by atoms with Crippen LogP contribution < -0.4 is 0 Å². The molecular weight excluding hydrogens is 229 g/mol. The van der Waals surface area contributed by atoms with Gasteiger partial charge in [0.1, 0.15) is 0 Å². The Labute approximate surface area is 102 Å². The summed E-state index contributed by atoms with van der Waals surface area (Å²) in [5.41, 5.74) is -0.134. The highest BCUT2D eigenvalue weighted by molar-refractivity contribution is 5.18. The zero-order valence-electron chi connectivity index (χ0n) is 10.0. The lowest BCUT2D eigenvalue weighted by Crippen LogP contribution is -2.19. The van der Waals surface area contributed by atoms with Gasteiger partial charge in [0.15, 0.2) is 6.10 Å². The smallest absolute Gasteiger partial charge is 0.379 e. The van der Waals surface area contributed by atoms with Gasteiger partial charge in [0.25, 0.3) is 0 Å². The lowest BCUT2D eigenvalue weighted by Gasteiger charge is -2.13. The molecule has 1 aromatic carbocycles. The topological polar surface area (TPSA) is 20.2 Å². The summed E-state index contributed by atoms with van der Waals surface area (Å²) in [6.07, 6.45) is -6.96. The predicted molar refractivity (Wildman–Crippen MR) is 66.9 cm³/mol. The highest BCUT2D eigenvalue weighted by Crippen LogP contribution is 2.31. The SMILES string of the molecule is C.CC.CC.O[C@H](c1ccccc1)C(F)(F)F. The zero-order chi connectivity index (χ0) is 13.2. The third-order valence-corrected chi connectivity index (χ3v) is 1.43. The second-order valence-electron chi connectivity index (χ2n) is 2.35. The van der Waals surface area contributed by atoms with Crippen LogP contribution in [0.4, 0.5) is 13.2 Å². The van der Waals surface area contributed by atoms with Crippen LogP contribution in [-0.4, -0.2) is 11.3 Å². The summed E-state index contributed by atoms with van der Waals surface area (Å²) in [6, 6.07) is 6.96. The van der Waals surface area contributed by atoms with E-state index in [1.165, 1.54) is 24.3 Å². The summed E-state index contributed by atoms with van der Waals surface area (Å²) >= 11 is 0. The molecule has 0 aliphatic carbocycles. The van der Waals surface area contributed by atoms with Crippen molar-refractivity contribution in [1.29, 1.82) is 0 Å².